The van der Waals surface area contributed by atoms with Gasteiger partial charge in [-0.3, -0.25) is 0 Å². The largest absolute Gasteiger partial charge is 0.361 e. The molecule has 3 rings (SSSR count). The van der Waals surface area contributed by atoms with Crippen LogP contribution in [0, 0.1) is 6.92 Å². The summed E-state index contributed by atoms with van der Waals surface area (Å²) >= 11 is 0. The monoisotopic (exact) mass is 264 g/mol. The first-order valence-corrected chi connectivity index (χ1v) is 7.14. The fourth-order valence-electron chi connectivity index (χ4n) is 2.52. The van der Waals surface area contributed by atoms with Gasteiger partial charge in [0.1, 0.15) is 0 Å². The van der Waals surface area contributed by atoms with Crippen molar-refractivity contribution in [2.24, 2.45) is 0 Å². The van der Waals surface area contributed by atoms with Gasteiger partial charge in [-0.1, -0.05) is 30.3 Å². The van der Waals surface area contributed by atoms with E-state index in [-0.39, 0.29) is 0 Å². The molecule has 0 atom stereocenters. The second kappa shape index (κ2) is 5.93. The van der Waals surface area contributed by atoms with Gasteiger partial charge in [-0.05, 0) is 60.2 Å². The minimum absolute atomic E-state index is 0.944. The van der Waals surface area contributed by atoms with Crippen LogP contribution in [-0.2, 0) is 13.0 Å². The van der Waals surface area contributed by atoms with Crippen molar-refractivity contribution in [3.8, 4) is 0 Å². The fourth-order valence-corrected chi connectivity index (χ4v) is 2.52. The van der Waals surface area contributed by atoms with E-state index in [0.29, 0.717) is 0 Å². The van der Waals surface area contributed by atoms with Gasteiger partial charge in [0.2, 0.25) is 0 Å². The number of hydrogen-bond donors (Lipinski definition) is 2. The summed E-state index contributed by atoms with van der Waals surface area (Å²) in [5.41, 5.74) is 5.33. The SMILES string of the molecule is Cc1ccccc1CNCCc1ccc2[nH]ccc2c1. The molecule has 0 bridgehead atoms. The van der Waals surface area contributed by atoms with Gasteiger partial charge in [0.05, 0.1) is 0 Å². The molecule has 0 fully saturated rings. The Morgan fingerprint density at radius 2 is 1.95 bits per heavy atom. The normalized spacial score (nSPS) is 11.1. The predicted octanol–water partition coefficient (Wildman–Crippen LogP) is 3.81. The van der Waals surface area contributed by atoms with E-state index in [1.807, 2.05) is 6.20 Å². The zero-order valence-electron chi connectivity index (χ0n) is 11.8. The lowest BCUT2D eigenvalue weighted by Gasteiger charge is -2.08. The zero-order chi connectivity index (χ0) is 13.8. The molecule has 0 aliphatic carbocycles. The van der Waals surface area contributed by atoms with Crippen LogP contribution in [0.1, 0.15) is 16.7 Å². The quantitative estimate of drug-likeness (QED) is 0.674. The maximum atomic E-state index is 3.53. The molecule has 0 spiro atoms. The van der Waals surface area contributed by atoms with Crippen molar-refractivity contribution in [2.45, 2.75) is 19.9 Å². The summed E-state index contributed by atoms with van der Waals surface area (Å²) in [5, 5.41) is 4.82. The number of benzene rings is 2. The molecule has 0 amide bonds. The fraction of sp³-hybridized carbons (Fsp3) is 0.222. The van der Waals surface area contributed by atoms with Gasteiger partial charge >= 0.3 is 0 Å². The molecule has 3 aromatic rings. The summed E-state index contributed by atoms with van der Waals surface area (Å²) in [5.74, 6) is 0. The first kappa shape index (κ1) is 12.9. The molecule has 0 saturated carbocycles. The molecular formula is C18H20N2. The van der Waals surface area contributed by atoms with Gasteiger partial charge in [-0.25, -0.2) is 0 Å². The van der Waals surface area contributed by atoms with Crippen LogP contribution < -0.4 is 5.32 Å². The maximum absolute atomic E-state index is 3.53. The van der Waals surface area contributed by atoms with Crippen molar-refractivity contribution in [2.75, 3.05) is 6.54 Å². The van der Waals surface area contributed by atoms with Crippen molar-refractivity contribution in [1.29, 1.82) is 0 Å². The van der Waals surface area contributed by atoms with Gasteiger partial charge in [0.25, 0.3) is 0 Å². The van der Waals surface area contributed by atoms with E-state index in [9.17, 15) is 0 Å². The lowest BCUT2D eigenvalue weighted by Crippen LogP contribution is -2.17. The number of aromatic amines is 1. The molecule has 0 saturated heterocycles. The van der Waals surface area contributed by atoms with E-state index < -0.39 is 0 Å². The van der Waals surface area contributed by atoms with E-state index in [1.165, 1.54) is 27.6 Å². The topological polar surface area (TPSA) is 27.8 Å². The number of H-pyrrole nitrogens is 1. The van der Waals surface area contributed by atoms with E-state index in [1.54, 1.807) is 0 Å². The molecule has 1 aromatic heterocycles. The minimum atomic E-state index is 0.944. The first-order chi connectivity index (χ1) is 9.83. The average molecular weight is 264 g/mol. The summed E-state index contributed by atoms with van der Waals surface area (Å²) in [6.07, 6.45) is 3.05. The number of rotatable bonds is 5. The Morgan fingerprint density at radius 3 is 2.85 bits per heavy atom. The molecule has 0 aliphatic rings. The van der Waals surface area contributed by atoms with Crippen LogP contribution in [0.2, 0.25) is 0 Å². The highest BCUT2D eigenvalue weighted by atomic mass is 14.8. The number of nitrogens with one attached hydrogen (secondary N) is 2. The van der Waals surface area contributed by atoms with E-state index in [0.717, 1.165) is 19.5 Å². The second-order valence-corrected chi connectivity index (χ2v) is 5.25. The van der Waals surface area contributed by atoms with Crippen molar-refractivity contribution in [3.05, 3.63) is 71.4 Å². The van der Waals surface area contributed by atoms with Crippen LogP contribution in [0.15, 0.2) is 54.7 Å². The van der Waals surface area contributed by atoms with Crippen LogP contribution in [0.3, 0.4) is 0 Å². The Morgan fingerprint density at radius 1 is 1.05 bits per heavy atom. The molecule has 2 heteroatoms. The van der Waals surface area contributed by atoms with E-state index >= 15 is 0 Å². The number of aryl methyl sites for hydroxylation is 1. The standard InChI is InChI=1S/C18H20N2/c1-14-4-2-3-5-17(14)13-19-10-8-15-6-7-18-16(12-15)9-11-20-18/h2-7,9,11-12,19-20H,8,10,13H2,1H3. The van der Waals surface area contributed by atoms with Crippen LogP contribution in [0.5, 0.6) is 0 Å². The molecule has 1 heterocycles. The van der Waals surface area contributed by atoms with Crippen molar-refractivity contribution in [1.82, 2.24) is 10.3 Å². The minimum Gasteiger partial charge on any atom is -0.361 e. The van der Waals surface area contributed by atoms with Crippen molar-refractivity contribution >= 4 is 10.9 Å². The van der Waals surface area contributed by atoms with Crippen LogP contribution in [0.25, 0.3) is 10.9 Å². The molecule has 2 nitrogen and oxygen atoms in total. The highest BCUT2D eigenvalue weighted by molar-refractivity contribution is 5.79. The third kappa shape index (κ3) is 2.91. The molecule has 20 heavy (non-hydrogen) atoms. The Kier molecular flexibility index (Phi) is 3.84. The summed E-state index contributed by atoms with van der Waals surface area (Å²) in [6, 6.07) is 17.3. The molecule has 2 N–H and O–H groups in total. The lowest BCUT2D eigenvalue weighted by molar-refractivity contribution is 0.685. The summed E-state index contributed by atoms with van der Waals surface area (Å²) in [6.45, 7) is 4.11. The van der Waals surface area contributed by atoms with Crippen LogP contribution in [-0.4, -0.2) is 11.5 Å². The Hall–Kier alpha value is -2.06. The van der Waals surface area contributed by atoms with Gasteiger partial charge in [0, 0.05) is 18.3 Å². The van der Waals surface area contributed by atoms with Gasteiger partial charge in [0.15, 0.2) is 0 Å². The Balaban J connectivity index is 1.53. The predicted molar refractivity (Wildman–Crippen MR) is 84.9 cm³/mol. The summed E-state index contributed by atoms with van der Waals surface area (Å²) < 4.78 is 0. The summed E-state index contributed by atoms with van der Waals surface area (Å²) in [4.78, 5) is 3.23. The van der Waals surface area contributed by atoms with Crippen LogP contribution in [0.4, 0.5) is 0 Å². The summed E-state index contributed by atoms with van der Waals surface area (Å²) in [7, 11) is 0. The molecule has 0 aliphatic heterocycles. The first-order valence-electron chi connectivity index (χ1n) is 7.14. The van der Waals surface area contributed by atoms with Gasteiger partial charge < -0.3 is 10.3 Å². The molecular weight excluding hydrogens is 244 g/mol. The third-order valence-electron chi connectivity index (χ3n) is 3.78. The maximum Gasteiger partial charge on any atom is 0.0454 e. The highest BCUT2D eigenvalue weighted by Crippen LogP contribution is 2.14. The van der Waals surface area contributed by atoms with Crippen molar-refractivity contribution in [3.63, 3.8) is 0 Å². The average Bonchev–Trinajstić information content (AvgIpc) is 2.93. The lowest BCUT2D eigenvalue weighted by atomic mass is 10.1. The van der Waals surface area contributed by atoms with Crippen molar-refractivity contribution < 1.29 is 0 Å². The van der Waals surface area contributed by atoms with Crippen LogP contribution >= 0.6 is 0 Å². The smallest absolute Gasteiger partial charge is 0.0454 e. The van der Waals surface area contributed by atoms with E-state index in [2.05, 4.69) is 65.8 Å². The number of fused-ring (bicyclic) bond motifs is 1. The third-order valence-corrected chi connectivity index (χ3v) is 3.78. The van der Waals surface area contributed by atoms with Gasteiger partial charge in [-0.15, -0.1) is 0 Å². The highest BCUT2D eigenvalue weighted by Gasteiger charge is 1.99. The molecule has 102 valence electrons. The zero-order valence-corrected chi connectivity index (χ0v) is 11.8. The van der Waals surface area contributed by atoms with E-state index in [4.69, 9.17) is 0 Å². The molecule has 0 radical (unpaired) electrons. The molecule has 0 unspecified atom stereocenters. The Bertz CT molecular complexity index is 697. The number of hydrogen-bond acceptors (Lipinski definition) is 1. The molecule has 2 aromatic carbocycles. The van der Waals surface area contributed by atoms with Gasteiger partial charge in [-0.2, -0.15) is 0 Å². The second-order valence-electron chi connectivity index (χ2n) is 5.25. The number of aromatic nitrogens is 1. The Labute approximate surface area is 119 Å².